The lowest BCUT2D eigenvalue weighted by molar-refractivity contribution is 0.0458. The normalized spacial score (nSPS) is 31.2. The molecule has 1 aromatic rings. The number of likely N-dealkylation sites (tertiary alicyclic amines) is 1. The molecule has 3 unspecified atom stereocenters. The van der Waals surface area contributed by atoms with Gasteiger partial charge in [0.2, 0.25) is 0 Å². The summed E-state index contributed by atoms with van der Waals surface area (Å²) in [6.07, 6.45) is 8.43. The lowest BCUT2D eigenvalue weighted by Crippen LogP contribution is -2.40. The van der Waals surface area contributed by atoms with E-state index in [0.29, 0.717) is 6.04 Å². The first-order valence-corrected chi connectivity index (χ1v) is 8.79. The van der Waals surface area contributed by atoms with Gasteiger partial charge >= 0.3 is 0 Å². The first kappa shape index (κ1) is 15.1. The third-order valence-electron chi connectivity index (χ3n) is 5.61. The van der Waals surface area contributed by atoms with Crippen LogP contribution < -0.4 is 0 Å². The summed E-state index contributed by atoms with van der Waals surface area (Å²) in [5.74, 6) is 0.894. The summed E-state index contributed by atoms with van der Waals surface area (Å²) in [7, 11) is 0. The second kappa shape index (κ2) is 6.93. The number of hydrogen-bond donors (Lipinski definition) is 1. The van der Waals surface area contributed by atoms with Gasteiger partial charge in [0.15, 0.2) is 0 Å². The topological polar surface area (TPSA) is 23.5 Å². The van der Waals surface area contributed by atoms with E-state index >= 15 is 0 Å². The maximum Gasteiger partial charge on any atom is 0.0947 e. The largest absolute Gasteiger partial charge is 0.387 e. The molecule has 2 heteroatoms. The maximum absolute atomic E-state index is 10.9. The quantitative estimate of drug-likeness (QED) is 0.833. The predicted molar refractivity (Wildman–Crippen MR) is 87.3 cm³/mol. The molecule has 0 saturated carbocycles. The van der Waals surface area contributed by atoms with E-state index in [1.54, 1.807) is 0 Å². The molecular weight excluding hydrogens is 258 g/mol. The van der Waals surface area contributed by atoms with Gasteiger partial charge in [-0.1, -0.05) is 37.6 Å². The minimum absolute atomic E-state index is 0.304. The second-order valence-corrected chi connectivity index (χ2v) is 6.84. The van der Waals surface area contributed by atoms with Crippen LogP contribution in [0, 0.1) is 5.92 Å². The van der Waals surface area contributed by atoms with Crippen molar-refractivity contribution in [1.82, 2.24) is 4.90 Å². The number of benzene rings is 1. The molecule has 3 rings (SSSR count). The Bertz CT molecular complexity index is 459. The number of hydrogen-bond acceptors (Lipinski definition) is 2. The number of nitrogens with zero attached hydrogens (tertiary/aromatic N) is 1. The van der Waals surface area contributed by atoms with Crippen molar-refractivity contribution in [2.45, 2.75) is 64.0 Å². The summed E-state index contributed by atoms with van der Waals surface area (Å²) in [6, 6.07) is 8.81. The van der Waals surface area contributed by atoms with Crippen LogP contribution in [0.5, 0.6) is 0 Å². The van der Waals surface area contributed by atoms with Gasteiger partial charge in [0.05, 0.1) is 6.10 Å². The van der Waals surface area contributed by atoms with Crippen LogP contribution in [0.3, 0.4) is 0 Å². The zero-order valence-corrected chi connectivity index (χ0v) is 13.3. The van der Waals surface area contributed by atoms with Crippen LogP contribution in [0.2, 0.25) is 0 Å². The van der Waals surface area contributed by atoms with Gasteiger partial charge in [0.25, 0.3) is 0 Å². The molecule has 0 spiro atoms. The fourth-order valence-electron chi connectivity index (χ4n) is 4.23. The van der Waals surface area contributed by atoms with Crippen LogP contribution in [0.1, 0.15) is 62.7 Å². The van der Waals surface area contributed by atoms with Gasteiger partial charge in [-0.2, -0.15) is 0 Å². The van der Waals surface area contributed by atoms with E-state index in [4.69, 9.17) is 0 Å². The first-order chi connectivity index (χ1) is 10.3. The predicted octanol–water partition coefficient (Wildman–Crippen LogP) is 3.94. The van der Waals surface area contributed by atoms with Crippen molar-refractivity contribution < 1.29 is 5.11 Å². The molecule has 1 saturated heterocycles. The Kier molecular flexibility index (Phi) is 4.97. The number of rotatable bonds is 2. The Morgan fingerprint density at radius 2 is 1.95 bits per heavy atom. The van der Waals surface area contributed by atoms with Gasteiger partial charge in [0.1, 0.15) is 0 Å². The van der Waals surface area contributed by atoms with E-state index in [9.17, 15) is 5.11 Å². The molecule has 3 atom stereocenters. The fourth-order valence-corrected chi connectivity index (χ4v) is 4.23. The third-order valence-corrected chi connectivity index (χ3v) is 5.61. The summed E-state index contributed by atoms with van der Waals surface area (Å²) in [5, 5.41) is 10.9. The molecular formula is C19H29NO. The molecule has 1 aliphatic carbocycles. The zero-order valence-electron chi connectivity index (χ0n) is 13.3. The van der Waals surface area contributed by atoms with Crippen molar-refractivity contribution in [3.63, 3.8) is 0 Å². The van der Waals surface area contributed by atoms with E-state index in [1.165, 1.54) is 56.3 Å². The number of aliphatic hydroxyl groups excluding tert-OH is 1. The van der Waals surface area contributed by atoms with Gasteiger partial charge in [-0.05, 0) is 68.7 Å². The van der Waals surface area contributed by atoms with Crippen LogP contribution in [0.4, 0.5) is 0 Å². The van der Waals surface area contributed by atoms with Crippen LogP contribution in [-0.2, 0) is 6.42 Å². The zero-order chi connectivity index (χ0) is 14.7. The summed E-state index contributed by atoms with van der Waals surface area (Å²) in [5.41, 5.74) is 2.53. The lowest BCUT2D eigenvalue weighted by atomic mass is 9.97. The Balaban J connectivity index is 1.76. The highest BCUT2D eigenvalue weighted by Crippen LogP contribution is 2.33. The van der Waals surface area contributed by atoms with Crippen LogP contribution in [0.15, 0.2) is 24.3 Å². The molecule has 1 heterocycles. The average Bonchev–Trinajstić information content (AvgIpc) is 2.84. The van der Waals surface area contributed by atoms with E-state index < -0.39 is 0 Å². The molecule has 1 aromatic carbocycles. The van der Waals surface area contributed by atoms with Gasteiger partial charge in [-0.25, -0.2) is 0 Å². The molecule has 2 nitrogen and oxygen atoms in total. The monoisotopic (exact) mass is 287 g/mol. The Morgan fingerprint density at radius 3 is 2.81 bits per heavy atom. The molecule has 21 heavy (non-hydrogen) atoms. The smallest absolute Gasteiger partial charge is 0.0947 e. The number of fused-ring (bicyclic) bond motifs is 1. The van der Waals surface area contributed by atoms with Crippen molar-refractivity contribution in [3.05, 3.63) is 35.4 Å². The summed E-state index contributed by atoms with van der Waals surface area (Å²) in [4.78, 5) is 2.59. The molecule has 2 aliphatic rings. The van der Waals surface area contributed by atoms with Gasteiger partial charge < -0.3 is 5.11 Å². The van der Waals surface area contributed by atoms with Crippen molar-refractivity contribution in [1.29, 1.82) is 0 Å². The van der Waals surface area contributed by atoms with Crippen molar-refractivity contribution in [3.8, 4) is 0 Å². The van der Waals surface area contributed by atoms with Crippen molar-refractivity contribution >= 4 is 0 Å². The molecule has 0 bridgehead atoms. The Labute approximate surface area is 129 Å². The second-order valence-electron chi connectivity index (χ2n) is 6.84. The van der Waals surface area contributed by atoms with E-state index in [-0.39, 0.29) is 6.10 Å². The molecule has 0 aromatic heterocycles. The highest BCUT2D eigenvalue weighted by atomic mass is 16.3. The third kappa shape index (κ3) is 3.32. The minimum Gasteiger partial charge on any atom is -0.387 e. The van der Waals surface area contributed by atoms with Gasteiger partial charge in [-0.15, -0.1) is 0 Å². The molecule has 0 amide bonds. The Hall–Kier alpha value is -0.860. The van der Waals surface area contributed by atoms with Crippen LogP contribution in [-0.4, -0.2) is 29.1 Å². The molecule has 1 aliphatic heterocycles. The van der Waals surface area contributed by atoms with Crippen molar-refractivity contribution in [2.75, 3.05) is 13.1 Å². The Morgan fingerprint density at radius 1 is 1.10 bits per heavy atom. The first-order valence-electron chi connectivity index (χ1n) is 8.79. The molecule has 0 radical (unpaired) electrons. The van der Waals surface area contributed by atoms with Crippen LogP contribution in [0.25, 0.3) is 0 Å². The lowest BCUT2D eigenvalue weighted by Gasteiger charge is -2.33. The van der Waals surface area contributed by atoms with Crippen molar-refractivity contribution in [2.24, 2.45) is 5.92 Å². The average molecular weight is 287 g/mol. The van der Waals surface area contributed by atoms with Gasteiger partial charge in [-0.3, -0.25) is 4.90 Å². The van der Waals surface area contributed by atoms with E-state index in [0.717, 1.165) is 18.8 Å². The summed E-state index contributed by atoms with van der Waals surface area (Å²) in [6.45, 7) is 4.65. The minimum atomic E-state index is -0.304. The summed E-state index contributed by atoms with van der Waals surface area (Å²) < 4.78 is 0. The molecule has 1 N–H and O–H groups in total. The standard InChI is InChI=1S/C19H29NO/c1-2-15-7-6-13-20(14-12-15)18-11-5-9-16-8-3-4-10-17(16)19(18)21/h3-4,8,10,15,18-19,21H,2,5-7,9,11-14H2,1H3. The number of aryl methyl sites for hydroxylation is 1. The number of aliphatic hydroxyl groups is 1. The van der Waals surface area contributed by atoms with Crippen LogP contribution >= 0.6 is 0 Å². The fraction of sp³-hybridized carbons (Fsp3) is 0.684. The van der Waals surface area contributed by atoms with E-state index in [2.05, 4.69) is 36.1 Å². The SMILES string of the molecule is CCC1CCCN(C2CCCc3ccccc3C2O)CC1. The highest BCUT2D eigenvalue weighted by molar-refractivity contribution is 5.31. The van der Waals surface area contributed by atoms with E-state index in [1.807, 2.05) is 0 Å². The summed E-state index contributed by atoms with van der Waals surface area (Å²) >= 11 is 0. The molecule has 1 fully saturated rings. The molecule has 116 valence electrons. The highest BCUT2D eigenvalue weighted by Gasteiger charge is 2.31. The van der Waals surface area contributed by atoms with Gasteiger partial charge in [0, 0.05) is 6.04 Å². The maximum atomic E-state index is 10.9.